The van der Waals surface area contributed by atoms with Crippen molar-refractivity contribution in [1.82, 2.24) is 9.78 Å². The first kappa shape index (κ1) is 8.90. The molecule has 0 fully saturated rings. The molecule has 1 heterocycles. The lowest BCUT2D eigenvalue weighted by Gasteiger charge is -2.03. The summed E-state index contributed by atoms with van der Waals surface area (Å²) in [5.74, 6) is -0.416. The van der Waals surface area contributed by atoms with E-state index in [1.807, 2.05) is 0 Å². The Morgan fingerprint density at radius 3 is 2.86 bits per heavy atom. The quantitative estimate of drug-likeness (QED) is 0.783. The van der Waals surface area contributed by atoms with Crippen LogP contribution in [0.4, 0.5) is 4.39 Å². The van der Waals surface area contributed by atoms with Crippen molar-refractivity contribution in [3.05, 3.63) is 48.0 Å². The Balaban J connectivity index is 2.43. The number of aromatic nitrogens is 2. The number of halogens is 1. The SMILES string of the molecule is OCc1ccc(-n2cccn2)cc1F. The molecule has 1 aromatic carbocycles. The molecule has 0 atom stereocenters. The highest BCUT2D eigenvalue weighted by Gasteiger charge is 2.03. The van der Waals surface area contributed by atoms with E-state index in [2.05, 4.69) is 5.10 Å². The first-order valence-electron chi connectivity index (χ1n) is 4.20. The molecule has 72 valence electrons. The van der Waals surface area contributed by atoms with E-state index >= 15 is 0 Å². The molecule has 1 N–H and O–H groups in total. The van der Waals surface area contributed by atoms with Crippen molar-refractivity contribution in [3.8, 4) is 5.69 Å². The van der Waals surface area contributed by atoms with E-state index in [4.69, 9.17) is 5.11 Å². The van der Waals surface area contributed by atoms with Gasteiger partial charge in [0.1, 0.15) is 5.82 Å². The van der Waals surface area contributed by atoms with Crippen LogP contribution in [0.5, 0.6) is 0 Å². The third kappa shape index (κ3) is 1.52. The van der Waals surface area contributed by atoms with Crippen LogP contribution < -0.4 is 0 Å². The van der Waals surface area contributed by atoms with Crippen molar-refractivity contribution >= 4 is 0 Å². The smallest absolute Gasteiger partial charge is 0.130 e. The van der Waals surface area contributed by atoms with Gasteiger partial charge in [0.2, 0.25) is 0 Å². The first-order chi connectivity index (χ1) is 6.81. The fourth-order valence-corrected chi connectivity index (χ4v) is 1.23. The van der Waals surface area contributed by atoms with E-state index in [-0.39, 0.29) is 6.61 Å². The van der Waals surface area contributed by atoms with Crippen LogP contribution in [-0.4, -0.2) is 14.9 Å². The summed E-state index contributed by atoms with van der Waals surface area (Å²) in [5, 5.41) is 12.7. The Morgan fingerprint density at radius 2 is 2.29 bits per heavy atom. The standard InChI is InChI=1S/C10H9FN2O/c11-10-6-9(3-2-8(10)7-14)13-5-1-4-12-13/h1-6,14H,7H2. The second-order valence-corrected chi connectivity index (χ2v) is 2.88. The predicted molar refractivity (Wildman–Crippen MR) is 49.4 cm³/mol. The van der Waals surface area contributed by atoms with Crippen molar-refractivity contribution in [2.75, 3.05) is 0 Å². The van der Waals surface area contributed by atoms with Gasteiger partial charge in [-0.2, -0.15) is 5.10 Å². The van der Waals surface area contributed by atoms with Gasteiger partial charge >= 0.3 is 0 Å². The summed E-state index contributed by atoms with van der Waals surface area (Å²) >= 11 is 0. The van der Waals surface area contributed by atoms with Crippen molar-refractivity contribution < 1.29 is 9.50 Å². The maximum Gasteiger partial charge on any atom is 0.130 e. The van der Waals surface area contributed by atoms with Crippen molar-refractivity contribution in [1.29, 1.82) is 0 Å². The molecule has 1 aromatic heterocycles. The lowest BCUT2D eigenvalue weighted by molar-refractivity contribution is 0.275. The molecule has 3 nitrogen and oxygen atoms in total. The largest absolute Gasteiger partial charge is 0.392 e. The van der Waals surface area contributed by atoms with Gasteiger partial charge in [0.25, 0.3) is 0 Å². The van der Waals surface area contributed by atoms with E-state index in [9.17, 15) is 4.39 Å². The third-order valence-electron chi connectivity index (χ3n) is 1.98. The van der Waals surface area contributed by atoms with Gasteiger partial charge in [0, 0.05) is 18.0 Å². The predicted octanol–water partition coefficient (Wildman–Crippen LogP) is 1.50. The first-order valence-corrected chi connectivity index (χ1v) is 4.20. The second kappa shape index (κ2) is 3.59. The van der Waals surface area contributed by atoms with Gasteiger partial charge in [-0.1, -0.05) is 6.07 Å². The zero-order valence-corrected chi connectivity index (χ0v) is 7.39. The number of benzene rings is 1. The Hall–Kier alpha value is -1.68. The van der Waals surface area contributed by atoms with E-state index in [0.717, 1.165) is 0 Å². The zero-order valence-electron chi connectivity index (χ0n) is 7.39. The number of hydrogen-bond acceptors (Lipinski definition) is 2. The van der Waals surface area contributed by atoms with Gasteiger partial charge in [-0.05, 0) is 18.2 Å². The molecule has 4 heteroatoms. The number of aliphatic hydroxyl groups excluding tert-OH is 1. The average molecular weight is 192 g/mol. The van der Waals surface area contributed by atoms with Crippen molar-refractivity contribution in [2.24, 2.45) is 0 Å². The molecule has 0 unspecified atom stereocenters. The normalized spacial score (nSPS) is 10.4. The highest BCUT2D eigenvalue weighted by molar-refractivity contribution is 5.34. The van der Waals surface area contributed by atoms with Gasteiger partial charge in [-0.25, -0.2) is 9.07 Å². The average Bonchev–Trinajstić information content (AvgIpc) is 2.70. The summed E-state index contributed by atoms with van der Waals surface area (Å²) in [4.78, 5) is 0. The van der Waals surface area contributed by atoms with Gasteiger partial charge in [-0.15, -0.1) is 0 Å². The van der Waals surface area contributed by atoms with Crippen LogP contribution in [0.1, 0.15) is 5.56 Å². The summed E-state index contributed by atoms with van der Waals surface area (Å²) < 4.78 is 14.8. The van der Waals surface area contributed by atoms with Crippen molar-refractivity contribution in [2.45, 2.75) is 6.61 Å². The molecule has 0 saturated carbocycles. The molecule has 0 aliphatic heterocycles. The van der Waals surface area contributed by atoms with E-state index in [1.165, 1.54) is 6.07 Å². The summed E-state index contributed by atoms with van der Waals surface area (Å²) in [6, 6.07) is 6.37. The lowest BCUT2D eigenvalue weighted by Crippen LogP contribution is -1.97. The monoisotopic (exact) mass is 192 g/mol. The summed E-state index contributed by atoms with van der Waals surface area (Å²) in [6.45, 7) is -0.286. The Morgan fingerprint density at radius 1 is 1.43 bits per heavy atom. The molecule has 0 saturated heterocycles. The molecule has 0 spiro atoms. The highest BCUT2D eigenvalue weighted by atomic mass is 19.1. The molecular weight excluding hydrogens is 183 g/mol. The number of hydrogen-bond donors (Lipinski definition) is 1. The van der Waals surface area contributed by atoms with Crippen LogP contribution in [0.15, 0.2) is 36.7 Å². The van der Waals surface area contributed by atoms with Gasteiger partial charge in [0.15, 0.2) is 0 Å². The third-order valence-corrected chi connectivity index (χ3v) is 1.98. The highest BCUT2D eigenvalue weighted by Crippen LogP contribution is 2.13. The fraction of sp³-hybridized carbons (Fsp3) is 0.100. The minimum absolute atomic E-state index is 0.286. The molecular formula is C10H9FN2O. The Kier molecular flexibility index (Phi) is 2.28. The molecule has 14 heavy (non-hydrogen) atoms. The van der Waals surface area contributed by atoms with Crippen LogP contribution in [-0.2, 0) is 6.61 Å². The van der Waals surface area contributed by atoms with Gasteiger partial charge < -0.3 is 5.11 Å². The Labute approximate surface area is 80.4 Å². The molecule has 0 amide bonds. The number of nitrogens with zero attached hydrogens (tertiary/aromatic N) is 2. The van der Waals surface area contributed by atoms with E-state index < -0.39 is 5.82 Å². The molecule has 2 aromatic rings. The molecule has 0 bridgehead atoms. The molecule has 0 radical (unpaired) electrons. The second-order valence-electron chi connectivity index (χ2n) is 2.88. The van der Waals surface area contributed by atoms with Gasteiger partial charge in [0.05, 0.1) is 12.3 Å². The number of rotatable bonds is 2. The fourth-order valence-electron chi connectivity index (χ4n) is 1.23. The van der Waals surface area contributed by atoms with Crippen LogP contribution in [0, 0.1) is 5.82 Å². The van der Waals surface area contributed by atoms with Gasteiger partial charge in [-0.3, -0.25) is 0 Å². The van der Waals surface area contributed by atoms with Crippen LogP contribution in [0.25, 0.3) is 5.69 Å². The lowest BCUT2D eigenvalue weighted by atomic mass is 10.2. The Bertz CT molecular complexity index is 426. The zero-order chi connectivity index (χ0) is 9.97. The summed E-state index contributed by atoms with van der Waals surface area (Å²) in [7, 11) is 0. The van der Waals surface area contributed by atoms with Crippen molar-refractivity contribution in [3.63, 3.8) is 0 Å². The summed E-state index contributed by atoms with van der Waals surface area (Å²) in [6.07, 6.45) is 3.35. The molecule has 0 aliphatic carbocycles. The molecule has 0 aliphatic rings. The number of aliphatic hydroxyl groups is 1. The van der Waals surface area contributed by atoms with Crippen LogP contribution >= 0.6 is 0 Å². The van der Waals surface area contributed by atoms with E-state index in [0.29, 0.717) is 11.3 Å². The minimum atomic E-state index is -0.416. The van der Waals surface area contributed by atoms with Crippen LogP contribution in [0.3, 0.4) is 0 Å². The maximum absolute atomic E-state index is 13.2. The maximum atomic E-state index is 13.2. The van der Waals surface area contributed by atoms with Crippen LogP contribution in [0.2, 0.25) is 0 Å². The summed E-state index contributed by atoms with van der Waals surface area (Å²) in [5.41, 5.74) is 0.936. The van der Waals surface area contributed by atoms with E-state index in [1.54, 1.807) is 35.3 Å². The molecule has 2 rings (SSSR count). The topological polar surface area (TPSA) is 38.0 Å². The minimum Gasteiger partial charge on any atom is -0.392 e.